The summed E-state index contributed by atoms with van der Waals surface area (Å²) in [4.78, 5) is 16.6. The van der Waals surface area contributed by atoms with Crippen molar-refractivity contribution in [2.24, 2.45) is 0 Å². The fourth-order valence-electron chi connectivity index (χ4n) is 2.56. The fraction of sp³-hybridized carbons (Fsp3) is 0.571. The second-order valence-corrected chi connectivity index (χ2v) is 4.70. The molecule has 1 aromatic heterocycles. The van der Waals surface area contributed by atoms with Crippen LogP contribution in [0.2, 0.25) is 0 Å². The van der Waals surface area contributed by atoms with E-state index in [1.54, 1.807) is 32.7 Å². The summed E-state index contributed by atoms with van der Waals surface area (Å²) in [7, 11) is 3.19. The van der Waals surface area contributed by atoms with Crippen LogP contribution in [0.25, 0.3) is 0 Å². The van der Waals surface area contributed by atoms with Crippen molar-refractivity contribution in [3.05, 3.63) is 24.0 Å². The first-order chi connectivity index (χ1) is 8.72. The second kappa shape index (κ2) is 5.48. The Hall–Kier alpha value is -1.42. The lowest BCUT2D eigenvalue weighted by Crippen LogP contribution is -2.42. The molecule has 0 aromatic carbocycles. The van der Waals surface area contributed by atoms with Crippen molar-refractivity contribution in [2.75, 3.05) is 14.2 Å². The molecule has 1 aliphatic carbocycles. The maximum Gasteiger partial charge on any atom is 0.196 e. The fourth-order valence-corrected chi connectivity index (χ4v) is 2.56. The van der Waals surface area contributed by atoms with Crippen LogP contribution in [0.4, 0.5) is 0 Å². The number of hydrogen-bond acceptors (Lipinski definition) is 4. The molecule has 0 N–H and O–H groups in total. The monoisotopic (exact) mass is 249 g/mol. The van der Waals surface area contributed by atoms with E-state index in [0.717, 1.165) is 25.7 Å². The minimum Gasteiger partial charge on any atom is -0.495 e. The number of carbonyl (C=O) groups excluding carboxylic acids is 1. The summed E-state index contributed by atoms with van der Waals surface area (Å²) in [6.45, 7) is 0. The molecular formula is C14H19NO3. The Bertz CT molecular complexity index is 425. The van der Waals surface area contributed by atoms with Gasteiger partial charge in [0.1, 0.15) is 11.4 Å². The summed E-state index contributed by atoms with van der Waals surface area (Å²) in [5.74, 6) is 0.624. The lowest BCUT2D eigenvalue weighted by atomic mass is 9.79. The van der Waals surface area contributed by atoms with Crippen LogP contribution in [0.3, 0.4) is 0 Å². The van der Waals surface area contributed by atoms with Gasteiger partial charge in [0.15, 0.2) is 5.78 Å². The molecule has 1 saturated carbocycles. The zero-order valence-electron chi connectivity index (χ0n) is 10.9. The van der Waals surface area contributed by atoms with Crippen molar-refractivity contribution < 1.29 is 14.3 Å². The van der Waals surface area contributed by atoms with E-state index >= 15 is 0 Å². The molecule has 1 aromatic rings. The maximum absolute atomic E-state index is 12.6. The number of rotatable bonds is 4. The van der Waals surface area contributed by atoms with E-state index in [1.165, 1.54) is 6.42 Å². The van der Waals surface area contributed by atoms with Gasteiger partial charge >= 0.3 is 0 Å². The quantitative estimate of drug-likeness (QED) is 0.770. The highest BCUT2D eigenvalue weighted by molar-refractivity contribution is 6.02. The van der Waals surface area contributed by atoms with Gasteiger partial charge in [0, 0.05) is 18.9 Å². The van der Waals surface area contributed by atoms with Crippen LogP contribution in [0.5, 0.6) is 5.75 Å². The number of hydrogen-bond donors (Lipinski definition) is 0. The molecule has 0 atom stereocenters. The number of ether oxygens (including phenoxy) is 2. The topological polar surface area (TPSA) is 48.4 Å². The smallest absolute Gasteiger partial charge is 0.196 e. The number of carbonyl (C=O) groups is 1. The first kappa shape index (κ1) is 13.0. The van der Waals surface area contributed by atoms with Gasteiger partial charge in [0.25, 0.3) is 0 Å². The van der Waals surface area contributed by atoms with E-state index in [4.69, 9.17) is 9.47 Å². The Morgan fingerprint density at radius 3 is 2.56 bits per heavy atom. The Balaban J connectivity index is 2.27. The van der Waals surface area contributed by atoms with Gasteiger partial charge in [-0.25, -0.2) is 0 Å². The number of nitrogens with zero attached hydrogens (tertiary/aromatic N) is 1. The molecule has 0 bridgehead atoms. The van der Waals surface area contributed by atoms with Crippen molar-refractivity contribution in [3.63, 3.8) is 0 Å². The first-order valence-corrected chi connectivity index (χ1v) is 6.31. The molecule has 18 heavy (non-hydrogen) atoms. The SMILES string of the molecule is COc1cncc(C(=O)C2(OC)CCCCC2)c1. The van der Waals surface area contributed by atoms with Crippen molar-refractivity contribution >= 4 is 5.78 Å². The zero-order chi connectivity index (χ0) is 13.0. The second-order valence-electron chi connectivity index (χ2n) is 4.70. The molecule has 0 spiro atoms. The van der Waals surface area contributed by atoms with Crippen LogP contribution < -0.4 is 4.74 Å². The van der Waals surface area contributed by atoms with Crippen molar-refractivity contribution in [2.45, 2.75) is 37.7 Å². The van der Waals surface area contributed by atoms with Gasteiger partial charge in [-0.05, 0) is 18.9 Å². The third-order valence-corrected chi connectivity index (χ3v) is 3.68. The molecule has 0 saturated heterocycles. The number of methoxy groups -OCH3 is 2. The lowest BCUT2D eigenvalue weighted by molar-refractivity contribution is -0.0194. The number of Topliss-reactive ketones (excluding diaryl/α,β-unsaturated/α-hetero) is 1. The summed E-state index contributed by atoms with van der Waals surface area (Å²) in [6.07, 6.45) is 8.01. The van der Waals surface area contributed by atoms with E-state index in [1.807, 2.05) is 0 Å². The Morgan fingerprint density at radius 2 is 1.94 bits per heavy atom. The summed E-state index contributed by atoms with van der Waals surface area (Å²) in [6, 6.07) is 1.73. The van der Waals surface area contributed by atoms with Crippen LogP contribution in [-0.4, -0.2) is 30.6 Å². The van der Waals surface area contributed by atoms with Crippen LogP contribution in [-0.2, 0) is 4.74 Å². The van der Waals surface area contributed by atoms with Crippen molar-refractivity contribution in [1.29, 1.82) is 0 Å². The number of aromatic nitrogens is 1. The minimum absolute atomic E-state index is 0.0242. The molecular weight excluding hydrogens is 230 g/mol. The summed E-state index contributed by atoms with van der Waals surface area (Å²) in [5, 5.41) is 0. The minimum atomic E-state index is -0.660. The van der Waals surface area contributed by atoms with Crippen LogP contribution in [0.1, 0.15) is 42.5 Å². The van der Waals surface area contributed by atoms with E-state index in [-0.39, 0.29) is 5.78 Å². The van der Waals surface area contributed by atoms with E-state index in [0.29, 0.717) is 11.3 Å². The average Bonchev–Trinajstić information content (AvgIpc) is 2.47. The molecule has 0 radical (unpaired) electrons. The molecule has 0 aliphatic heterocycles. The largest absolute Gasteiger partial charge is 0.495 e. The molecule has 1 heterocycles. The lowest BCUT2D eigenvalue weighted by Gasteiger charge is -2.34. The van der Waals surface area contributed by atoms with Gasteiger partial charge in [0.2, 0.25) is 0 Å². The maximum atomic E-state index is 12.6. The molecule has 1 aliphatic rings. The average molecular weight is 249 g/mol. The van der Waals surface area contributed by atoms with Gasteiger partial charge in [0.05, 0.1) is 13.3 Å². The summed E-state index contributed by atoms with van der Waals surface area (Å²) in [5.41, 5.74) is -0.0927. The zero-order valence-corrected chi connectivity index (χ0v) is 10.9. The van der Waals surface area contributed by atoms with Gasteiger partial charge in [-0.1, -0.05) is 19.3 Å². The molecule has 1 fully saturated rings. The summed E-state index contributed by atoms with van der Waals surface area (Å²) < 4.78 is 10.7. The molecule has 0 amide bonds. The Labute approximate surface area is 107 Å². The normalized spacial score (nSPS) is 18.3. The Kier molecular flexibility index (Phi) is 3.97. The van der Waals surface area contributed by atoms with Crippen molar-refractivity contribution in [3.8, 4) is 5.75 Å². The van der Waals surface area contributed by atoms with Crippen LogP contribution >= 0.6 is 0 Å². The van der Waals surface area contributed by atoms with Gasteiger partial charge < -0.3 is 9.47 Å². The highest BCUT2D eigenvalue weighted by atomic mass is 16.5. The van der Waals surface area contributed by atoms with Gasteiger partial charge in [-0.2, -0.15) is 0 Å². The third-order valence-electron chi connectivity index (χ3n) is 3.68. The summed E-state index contributed by atoms with van der Waals surface area (Å²) >= 11 is 0. The number of pyridine rings is 1. The third kappa shape index (κ3) is 2.38. The highest BCUT2D eigenvalue weighted by Gasteiger charge is 2.40. The first-order valence-electron chi connectivity index (χ1n) is 6.31. The van der Waals surface area contributed by atoms with Crippen molar-refractivity contribution in [1.82, 2.24) is 4.98 Å². The Morgan fingerprint density at radius 1 is 1.22 bits per heavy atom. The standard InChI is InChI=1S/C14H19NO3/c1-17-12-8-11(9-15-10-12)13(16)14(18-2)6-4-3-5-7-14/h8-10H,3-7H2,1-2H3. The molecule has 4 heteroatoms. The van der Waals surface area contributed by atoms with E-state index in [9.17, 15) is 4.79 Å². The van der Waals surface area contributed by atoms with E-state index in [2.05, 4.69) is 4.98 Å². The van der Waals surface area contributed by atoms with Gasteiger partial charge in [-0.15, -0.1) is 0 Å². The van der Waals surface area contributed by atoms with Crippen LogP contribution in [0.15, 0.2) is 18.5 Å². The van der Waals surface area contributed by atoms with E-state index < -0.39 is 5.60 Å². The van der Waals surface area contributed by atoms with Crippen LogP contribution in [0, 0.1) is 0 Å². The molecule has 0 unspecified atom stereocenters. The highest BCUT2D eigenvalue weighted by Crippen LogP contribution is 2.34. The predicted octanol–water partition coefficient (Wildman–Crippen LogP) is 2.62. The predicted molar refractivity (Wildman–Crippen MR) is 67.9 cm³/mol. The molecule has 2 rings (SSSR count). The molecule has 98 valence electrons. The van der Waals surface area contributed by atoms with Gasteiger partial charge in [-0.3, -0.25) is 9.78 Å². The molecule has 4 nitrogen and oxygen atoms in total. The number of ketones is 1.